The zero-order valence-corrected chi connectivity index (χ0v) is 76.4. The van der Waals surface area contributed by atoms with Crippen molar-refractivity contribution in [3.8, 4) is 0 Å². The molecule has 11 N–H and O–H groups in total. The Morgan fingerprint density at radius 2 is 0.794 bits per heavy atom. The van der Waals surface area contributed by atoms with Crippen molar-refractivity contribution in [3.05, 3.63) is 267 Å². The number of hydrogen-bond donors (Lipinski definition) is 10. The maximum absolute atomic E-state index is 12.2. The number of rotatable bonds is 30. The summed E-state index contributed by atoms with van der Waals surface area (Å²) >= 11 is 0. The van der Waals surface area contributed by atoms with Gasteiger partial charge in [-0.1, -0.05) is 151 Å². The Bertz CT molecular complexity index is 4020. The van der Waals surface area contributed by atoms with Crippen molar-refractivity contribution in [3.63, 3.8) is 0 Å². The van der Waals surface area contributed by atoms with Gasteiger partial charge >= 0.3 is 0 Å². The van der Waals surface area contributed by atoms with Crippen molar-refractivity contribution in [2.75, 3.05) is 165 Å². The third-order valence-corrected chi connectivity index (χ3v) is 16.6. The topological polar surface area (TPSA) is 318 Å². The zero-order valence-electron chi connectivity index (χ0n) is 76.4. The van der Waals surface area contributed by atoms with E-state index in [0.717, 1.165) is 173 Å². The summed E-state index contributed by atoms with van der Waals surface area (Å²) in [5.74, 6) is 10.3. The smallest absolute Gasteiger partial charge is 0.233 e. The zero-order chi connectivity index (χ0) is 89.5. The fraction of sp³-hybridized carbons (Fsp3) is 0.440. The van der Waals surface area contributed by atoms with Crippen LogP contribution in [0.3, 0.4) is 0 Å². The maximum atomic E-state index is 12.2. The molecule has 11 aromatic rings. The Morgan fingerprint density at radius 1 is 0.413 bits per heavy atom. The van der Waals surface area contributed by atoms with Crippen LogP contribution in [0, 0.1) is 5.41 Å². The van der Waals surface area contributed by atoms with Crippen LogP contribution in [0.5, 0.6) is 0 Å². The molecule has 12 heterocycles. The van der Waals surface area contributed by atoms with E-state index in [1.54, 1.807) is 50.1 Å². The Balaban J connectivity index is 0. The summed E-state index contributed by atoms with van der Waals surface area (Å²) in [6.45, 7) is 30.5. The molecule has 0 radical (unpaired) electrons. The highest BCUT2D eigenvalue weighted by molar-refractivity contribution is 5.96. The Kier molecular flexibility index (Phi) is 73.8. The molecule has 692 valence electrons. The average molecular weight is 1730 g/mol. The number of ether oxygens (including phenoxy) is 2. The first-order valence-electron chi connectivity index (χ1n) is 43.5. The SMILES string of the molecule is C.C.C.CCCN.CCCN(C(=O)C(C)(C)C)c1ccccn1.CCCNc1cccc(NCCOC)n1.CCCNc1ccccn1.CCCNc1ccccn1.CCNc1ccccn1.CCc1ccccn1.CNc1cccc(NC)n1.CNc1ccccn1.COCCCc1ccccn1.c1ccc(N2CCCCC2)nc1.c1ccc(NC2CC2)nc1. The molecule has 26 nitrogen and oxygen atoms in total. The van der Waals surface area contributed by atoms with Gasteiger partial charge in [-0.15, -0.1) is 0 Å². The minimum atomic E-state index is -0.368. The number of nitrogens with zero attached hydrogens (tertiary/aromatic N) is 13. The van der Waals surface area contributed by atoms with Crippen LogP contribution in [-0.2, 0) is 27.1 Å². The average Bonchev–Trinajstić information content (AvgIpc) is 1.25. The number of anilines is 11. The second-order valence-corrected chi connectivity index (χ2v) is 28.3. The van der Waals surface area contributed by atoms with Crippen LogP contribution >= 0.6 is 0 Å². The van der Waals surface area contributed by atoms with Gasteiger partial charge in [0.15, 0.2) is 0 Å². The van der Waals surface area contributed by atoms with Gasteiger partial charge in [0.1, 0.15) is 64.0 Å². The van der Waals surface area contributed by atoms with Crippen molar-refractivity contribution in [1.29, 1.82) is 0 Å². The second-order valence-electron chi connectivity index (χ2n) is 28.3. The third-order valence-electron chi connectivity index (χ3n) is 16.6. The quantitative estimate of drug-likeness (QED) is 0.0187. The normalized spacial score (nSPS) is 10.7. The van der Waals surface area contributed by atoms with Crippen LogP contribution in [0.15, 0.2) is 256 Å². The van der Waals surface area contributed by atoms with E-state index in [0.29, 0.717) is 19.2 Å². The van der Waals surface area contributed by atoms with Gasteiger partial charge in [-0.25, -0.2) is 44.9 Å². The predicted molar refractivity (Wildman–Crippen MR) is 540 cm³/mol. The number of carbonyl (C=O) groups is 1. The number of nitrogens with two attached hydrogens (primary N) is 1. The maximum Gasteiger partial charge on any atom is 0.233 e. The van der Waals surface area contributed by atoms with Gasteiger partial charge in [0.05, 0.1) is 6.61 Å². The van der Waals surface area contributed by atoms with Crippen molar-refractivity contribution in [2.24, 2.45) is 11.1 Å². The Hall–Kier alpha value is -12.0. The van der Waals surface area contributed by atoms with Crippen LogP contribution in [0.25, 0.3) is 0 Å². The Morgan fingerprint density at radius 3 is 1.14 bits per heavy atom. The standard InChI is InChI=1S/C13H20N2O.C11H19N3O.C10H14N2.C9H13NO.C8H10N2.2C8H12N2.C7H11N3.C7H10N2.C7H9N.C6H8N2.C3H9N.3CH4/c1-5-10-15(12(16)13(2,3)4)11-8-6-7-9-14-11;1-3-7-12-10-5-4-6-11(14-10)13-8-9-15-2;1-4-8-12(9-5-1)10-6-2-3-7-11-10;1-11-8-4-6-9-5-2-3-7-10-9;1-2-6-9-8(3-1)10-7-4-5-7;2*1-2-6-9-8-5-3-4-7-10-8;1-8-6-4-3-5-7(9-2)10-6;1-2-8-7-5-3-4-6-9-7;1-2-7-5-3-4-6-8-7;1-7-6-4-2-3-5-8-6;1-2-3-4;;;/h6-9H,5,10H2,1-4H3;4-6H,3,7-9H2,1-2H3,(H2,12,13,14);2-3,6-7H,1,4-5,8-9H2;2-3,5,7H,4,6,8H2,1H3;1-3,6-7H,4-5H2,(H,9,10);2*3-5,7H,2,6H2,1H3,(H,9,10);3-5H,1-2H3,(H2,8,9,10);3-6H,2H2,1H3,(H,8,9);3-6H,2H2,1H3;2-5H,1H3,(H,7,8);2-4H2,1H3;3*1H4. The minimum Gasteiger partial charge on any atom is -0.385 e. The van der Waals surface area contributed by atoms with E-state index in [9.17, 15) is 4.79 Å². The van der Waals surface area contributed by atoms with Crippen LogP contribution in [0.2, 0.25) is 0 Å². The molecule has 1 amide bonds. The van der Waals surface area contributed by atoms with E-state index in [4.69, 9.17) is 15.2 Å². The summed E-state index contributed by atoms with van der Waals surface area (Å²) in [4.78, 5) is 62.2. The van der Waals surface area contributed by atoms with Crippen LogP contribution in [-0.4, -0.2) is 174 Å². The Labute approximate surface area is 759 Å². The second kappa shape index (κ2) is 80.1. The summed E-state index contributed by atoms with van der Waals surface area (Å²) in [7, 11) is 8.96. The van der Waals surface area contributed by atoms with Gasteiger partial charge in [0.25, 0.3) is 0 Å². The molecule has 1 saturated heterocycles. The van der Waals surface area contributed by atoms with Crippen molar-refractivity contribution in [2.45, 2.75) is 181 Å². The molecule has 26 heteroatoms. The number of carbonyl (C=O) groups excluding carboxylic acids is 1. The summed E-state index contributed by atoms with van der Waals surface area (Å²) in [5, 5.41) is 28.0. The number of amides is 1. The monoisotopic (exact) mass is 1730 g/mol. The van der Waals surface area contributed by atoms with Gasteiger partial charge in [0.2, 0.25) is 5.91 Å². The number of aryl methyl sites for hydroxylation is 2. The van der Waals surface area contributed by atoms with Crippen LogP contribution < -0.4 is 63.4 Å². The third kappa shape index (κ3) is 61.3. The van der Waals surface area contributed by atoms with E-state index in [1.807, 2.05) is 255 Å². The molecule has 0 bridgehead atoms. The molecular formula is C100H159N23O3. The highest BCUT2D eigenvalue weighted by Gasteiger charge is 2.28. The molecular weight excluding hydrogens is 1570 g/mol. The van der Waals surface area contributed by atoms with Crippen molar-refractivity contribution < 1.29 is 14.3 Å². The van der Waals surface area contributed by atoms with E-state index in [1.165, 1.54) is 45.2 Å². The van der Waals surface area contributed by atoms with Gasteiger partial charge in [-0.2, -0.15) is 0 Å². The number of aromatic nitrogens is 11. The molecule has 0 aromatic carbocycles. The lowest BCUT2D eigenvalue weighted by atomic mass is 9.94. The molecule has 1 aliphatic heterocycles. The number of hydrogen-bond acceptors (Lipinski definition) is 25. The fourth-order valence-electron chi connectivity index (χ4n) is 10.0. The number of pyridine rings is 11. The number of nitrogens with one attached hydrogen (secondary N) is 9. The predicted octanol–water partition coefficient (Wildman–Crippen LogP) is 21.7. The molecule has 0 unspecified atom stereocenters. The summed E-state index contributed by atoms with van der Waals surface area (Å²) in [5.41, 5.74) is 6.96. The van der Waals surface area contributed by atoms with E-state index >= 15 is 0 Å². The van der Waals surface area contributed by atoms with Gasteiger partial charge in [0, 0.05) is 173 Å². The molecule has 11 aromatic heterocycles. The summed E-state index contributed by atoms with van der Waals surface area (Å²) < 4.78 is 9.89. The first kappa shape index (κ1) is 116. The van der Waals surface area contributed by atoms with Crippen LogP contribution in [0.4, 0.5) is 64.0 Å². The van der Waals surface area contributed by atoms with E-state index < -0.39 is 0 Å². The van der Waals surface area contributed by atoms with E-state index in [-0.39, 0.29) is 33.6 Å². The molecule has 0 atom stereocenters. The highest BCUT2D eigenvalue weighted by Crippen LogP contribution is 2.24. The first-order chi connectivity index (χ1) is 60.1. The largest absolute Gasteiger partial charge is 0.385 e. The lowest BCUT2D eigenvalue weighted by Gasteiger charge is -2.28. The molecule has 13 rings (SSSR count). The molecule has 2 fully saturated rings. The number of methoxy groups -OCH3 is 2. The fourth-order valence-corrected chi connectivity index (χ4v) is 10.0. The first-order valence-corrected chi connectivity index (χ1v) is 43.5. The van der Waals surface area contributed by atoms with Gasteiger partial charge < -0.3 is 68.0 Å². The van der Waals surface area contributed by atoms with Crippen molar-refractivity contribution in [1.82, 2.24) is 54.8 Å². The highest BCUT2D eigenvalue weighted by atomic mass is 16.5. The van der Waals surface area contributed by atoms with Crippen LogP contribution in [0.1, 0.15) is 174 Å². The molecule has 1 saturated carbocycles. The molecule has 0 spiro atoms. The summed E-state index contributed by atoms with van der Waals surface area (Å²) in [6.07, 6.45) is 31.2. The molecule has 1 aliphatic carbocycles. The molecule has 126 heavy (non-hydrogen) atoms. The summed E-state index contributed by atoms with van der Waals surface area (Å²) in [6, 6.07) is 65.3. The lowest BCUT2D eigenvalue weighted by Crippen LogP contribution is -2.40. The molecule has 2 aliphatic rings. The number of piperidine rings is 1. The van der Waals surface area contributed by atoms with E-state index in [2.05, 4.69) is 168 Å². The van der Waals surface area contributed by atoms with Gasteiger partial charge in [-0.05, 0) is 230 Å². The minimum absolute atomic E-state index is 0. The van der Waals surface area contributed by atoms with Gasteiger partial charge in [-0.3, -0.25) is 19.7 Å². The van der Waals surface area contributed by atoms with Crippen molar-refractivity contribution >= 4 is 69.9 Å². The lowest BCUT2D eigenvalue weighted by molar-refractivity contribution is -0.125.